The lowest BCUT2D eigenvalue weighted by molar-refractivity contribution is 0.633. The second-order valence-corrected chi connectivity index (χ2v) is 13.6. The Morgan fingerprint density at radius 2 is 1.19 bits per heavy atom. The van der Waals surface area contributed by atoms with Crippen molar-refractivity contribution in [2.24, 2.45) is 0 Å². The van der Waals surface area contributed by atoms with Crippen molar-refractivity contribution in [2.75, 3.05) is 0 Å². The molecule has 3 aromatic heterocycles. The van der Waals surface area contributed by atoms with Crippen molar-refractivity contribution in [3.63, 3.8) is 0 Å². The van der Waals surface area contributed by atoms with Crippen molar-refractivity contribution in [1.82, 2.24) is 9.55 Å². The quantitative estimate of drug-likeness (QED) is 0.191. The monoisotopic (exact) mass is 624 g/mol. The molecule has 234 valence electrons. The second kappa shape index (κ2) is 10.7. The zero-order valence-corrected chi connectivity index (χ0v) is 27.8. The van der Waals surface area contributed by atoms with Crippen LogP contribution in [0.15, 0.2) is 124 Å². The lowest BCUT2D eigenvalue weighted by Gasteiger charge is -2.24. The Morgan fingerprint density at radius 3 is 1.94 bits per heavy atom. The topological polar surface area (TPSA) is 44.1 Å². The van der Waals surface area contributed by atoms with Crippen LogP contribution in [0.5, 0.6) is 0 Å². The Labute approximate surface area is 279 Å². The number of nitrogens with zero attached hydrogens (tertiary/aromatic N) is 2. The van der Waals surface area contributed by atoms with Gasteiger partial charge in [0.05, 0.1) is 22.3 Å². The fourth-order valence-corrected chi connectivity index (χ4v) is 7.52. The Hall–Kier alpha value is -5.61. The predicted molar refractivity (Wildman–Crippen MR) is 199 cm³/mol. The average Bonchev–Trinajstić information content (AvgIpc) is 3.80. The van der Waals surface area contributed by atoms with Crippen molar-refractivity contribution in [3.05, 3.63) is 132 Å². The van der Waals surface area contributed by atoms with Crippen molar-refractivity contribution in [2.45, 2.75) is 46.5 Å². The summed E-state index contributed by atoms with van der Waals surface area (Å²) in [5.41, 5.74) is 13.7. The minimum atomic E-state index is 0.277. The summed E-state index contributed by atoms with van der Waals surface area (Å²) in [5.74, 6) is 1.43. The van der Waals surface area contributed by atoms with E-state index in [1.165, 1.54) is 33.5 Å². The predicted octanol–water partition coefficient (Wildman–Crippen LogP) is 12.7. The van der Waals surface area contributed by atoms with E-state index in [4.69, 9.17) is 13.8 Å². The second-order valence-electron chi connectivity index (χ2n) is 13.6. The van der Waals surface area contributed by atoms with E-state index in [2.05, 4.69) is 136 Å². The Bertz CT molecular complexity index is 2660. The summed E-state index contributed by atoms with van der Waals surface area (Å²) < 4.78 is 15.7. The third-order valence-electron chi connectivity index (χ3n) is 9.87. The third-order valence-corrected chi connectivity index (χ3v) is 9.87. The van der Waals surface area contributed by atoms with E-state index in [0.717, 1.165) is 66.3 Å². The summed E-state index contributed by atoms with van der Waals surface area (Å²) in [6.45, 7) is 11.4. The smallest absolute Gasteiger partial charge is 0.178 e. The van der Waals surface area contributed by atoms with Crippen molar-refractivity contribution in [1.29, 1.82) is 0 Å². The van der Waals surface area contributed by atoms with Gasteiger partial charge in [0, 0.05) is 21.5 Å². The van der Waals surface area contributed by atoms with E-state index in [9.17, 15) is 0 Å². The molecule has 0 radical (unpaired) electrons. The number of aryl methyl sites for hydroxylation is 1. The molecule has 0 amide bonds. The fraction of sp³-hybridized carbons (Fsp3) is 0.159. The zero-order chi connectivity index (χ0) is 32.7. The van der Waals surface area contributed by atoms with Gasteiger partial charge in [0.1, 0.15) is 17.0 Å². The SMILES string of the molecule is Cc1cccc2nc(-c3cccc4c3oc3c4ccc4c5ccccc5oc43)n(-c3c(C(C)C)cc(-c4ccccc4)cc3C(C)C)c12. The van der Waals surface area contributed by atoms with Crippen LogP contribution in [-0.4, -0.2) is 9.55 Å². The summed E-state index contributed by atoms with van der Waals surface area (Å²) in [6.07, 6.45) is 0. The van der Waals surface area contributed by atoms with Gasteiger partial charge in [-0.25, -0.2) is 4.98 Å². The first-order chi connectivity index (χ1) is 23.4. The number of furan rings is 2. The molecule has 0 aliphatic heterocycles. The fourth-order valence-electron chi connectivity index (χ4n) is 7.52. The zero-order valence-electron chi connectivity index (χ0n) is 27.8. The highest BCUT2D eigenvalue weighted by Gasteiger charge is 2.26. The lowest BCUT2D eigenvalue weighted by Crippen LogP contribution is -2.10. The molecule has 0 saturated carbocycles. The summed E-state index contributed by atoms with van der Waals surface area (Å²) in [4.78, 5) is 5.40. The van der Waals surface area contributed by atoms with Crippen LogP contribution >= 0.6 is 0 Å². The first-order valence-electron chi connectivity index (χ1n) is 16.9. The molecule has 4 nitrogen and oxygen atoms in total. The number of benzene rings is 6. The van der Waals surface area contributed by atoms with Gasteiger partial charge in [-0.2, -0.15) is 0 Å². The molecule has 0 atom stereocenters. The van der Waals surface area contributed by atoms with E-state index in [1.807, 2.05) is 18.2 Å². The van der Waals surface area contributed by atoms with Gasteiger partial charge in [-0.05, 0) is 89.0 Å². The molecule has 48 heavy (non-hydrogen) atoms. The molecule has 3 heterocycles. The van der Waals surface area contributed by atoms with Crippen LogP contribution in [0.4, 0.5) is 0 Å². The van der Waals surface area contributed by atoms with Crippen molar-refractivity contribution < 1.29 is 8.83 Å². The van der Waals surface area contributed by atoms with E-state index in [1.54, 1.807) is 0 Å². The molecule has 9 rings (SSSR count). The molecule has 9 aromatic rings. The van der Waals surface area contributed by atoms with E-state index in [0.29, 0.717) is 0 Å². The largest absolute Gasteiger partial charge is 0.452 e. The number of para-hydroxylation sites is 3. The molecule has 0 fully saturated rings. The maximum atomic E-state index is 6.88. The van der Waals surface area contributed by atoms with E-state index < -0.39 is 0 Å². The van der Waals surface area contributed by atoms with Crippen LogP contribution in [0.25, 0.3) is 83.1 Å². The van der Waals surface area contributed by atoms with Crippen molar-refractivity contribution in [3.8, 4) is 28.2 Å². The highest BCUT2D eigenvalue weighted by Crippen LogP contribution is 2.44. The minimum Gasteiger partial charge on any atom is -0.452 e. The molecule has 0 unspecified atom stereocenters. The van der Waals surface area contributed by atoms with Crippen molar-refractivity contribution >= 4 is 54.9 Å². The molecule has 0 aliphatic carbocycles. The Kier molecular flexibility index (Phi) is 6.38. The molecule has 0 bridgehead atoms. The maximum absolute atomic E-state index is 6.88. The van der Waals surface area contributed by atoms with Crippen LogP contribution in [0.3, 0.4) is 0 Å². The molecular weight excluding hydrogens is 588 g/mol. The number of fused-ring (bicyclic) bond motifs is 8. The first-order valence-corrected chi connectivity index (χ1v) is 16.9. The summed E-state index contributed by atoms with van der Waals surface area (Å²) in [7, 11) is 0. The summed E-state index contributed by atoms with van der Waals surface area (Å²) in [6, 6.07) is 40.8. The Balaban J connectivity index is 1.39. The molecule has 0 spiro atoms. The molecule has 4 heteroatoms. The molecule has 6 aromatic carbocycles. The van der Waals surface area contributed by atoms with E-state index in [-0.39, 0.29) is 11.8 Å². The van der Waals surface area contributed by atoms with Crippen LogP contribution in [-0.2, 0) is 0 Å². The van der Waals surface area contributed by atoms with Crippen LogP contribution in [0.1, 0.15) is 56.2 Å². The number of rotatable bonds is 5. The number of hydrogen-bond donors (Lipinski definition) is 0. The van der Waals surface area contributed by atoms with Gasteiger partial charge in [-0.15, -0.1) is 0 Å². The van der Waals surface area contributed by atoms with Gasteiger partial charge in [0.2, 0.25) is 0 Å². The van der Waals surface area contributed by atoms with E-state index >= 15 is 0 Å². The average molecular weight is 625 g/mol. The van der Waals surface area contributed by atoms with Gasteiger partial charge in [0.15, 0.2) is 11.2 Å². The highest BCUT2D eigenvalue weighted by atomic mass is 16.4. The molecule has 0 N–H and O–H groups in total. The molecular formula is C44H36N2O2. The lowest BCUT2D eigenvalue weighted by atomic mass is 9.88. The molecule has 0 aliphatic rings. The third kappa shape index (κ3) is 4.18. The van der Waals surface area contributed by atoms with Crippen LogP contribution in [0.2, 0.25) is 0 Å². The van der Waals surface area contributed by atoms with Gasteiger partial charge < -0.3 is 8.83 Å². The van der Waals surface area contributed by atoms with Gasteiger partial charge in [0.25, 0.3) is 0 Å². The van der Waals surface area contributed by atoms with Crippen LogP contribution in [0, 0.1) is 6.92 Å². The van der Waals surface area contributed by atoms with Gasteiger partial charge in [-0.3, -0.25) is 4.57 Å². The normalized spacial score (nSPS) is 12.2. The Morgan fingerprint density at radius 1 is 0.562 bits per heavy atom. The number of imidazole rings is 1. The summed E-state index contributed by atoms with van der Waals surface area (Å²) >= 11 is 0. The highest BCUT2D eigenvalue weighted by molar-refractivity contribution is 6.20. The minimum absolute atomic E-state index is 0.277. The maximum Gasteiger partial charge on any atom is 0.178 e. The summed E-state index contributed by atoms with van der Waals surface area (Å²) in [5, 5.41) is 4.24. The number of hydrogen-bond acceptors (Lipinski definition) is 3. The van der Waals surface area contributed by atoms with Crippen LogP contribution < -0.4 is 0 Å². The standard InChI is InChI=1S/C44H36N2O2/c1-25(2)35-23-29(28-14-7-6-8-15-28)24-36(26(3)4)40(35)46-39-27(5)13-11-19-37(39)45-44(46)34-18-12-17-31-33-22-21-32-30-16-9-10-20-38(30)47-42(32)43(33)48-41(31)34/h6-26H,1-5H3. The van der Waals surface area contributed by atoms with Gasteiger partial charge in [-0.1, -0.05) is 100 Å². The van der Waals surface area contributed by atoms with Gasteiger partial charge >= 0.3 is 0 Å². The molecule has 0 saturated heterocycles. The number of aromatic nitrogens is 2. The first kappa shape index (κ1) is 28.6.